The molecule has 0 saturated heterocycles. The van der Waals surface area contributed by atoms with Crippen LogP contribution in [0.5, 0.6) is 5.75 Å². The Morgan fingerprint density at radius 1 is 1.50 bits per heavy atom. The largest absolute Gasteiger partial charge is 0.507 e. The van der Waals surface area contributed by atoms with Gasteiger partial charge in [-0.05, 0) is 12.0 Å². The van der Waals surface area contributed by atoms with Crippen molar-refractivity contribution in [2.45, 2.75) is 13.3 Å². The van der Waals surface area contributed by atoms with Crippen LogP contribution < -0.4 is 0 Å². The Hall–Kier alpha value is -1.84. The summed E-state index contributed by atoms with van der Waals surface area (Å²) in [6.45, 7) is 1.79. The summed E-state index contributed by atoms with van der Waals surface area (Å²) < 4.78 is 0. The molecule has 1 aromatic carbocycles. The quantitative estimate of drug-likeness (QED) is 0.714. The molecular formula is C10H10O4. The maximum absolute atomic E-state index is 10.8. The molecular weight excluding hydrogens is 184 g/mol. The van der Waals surface area contributed by atoms with Gasteiger partial charge in [0, 0.05) is 5.56 Å². The highest BCUT2D eigenvalue weighted by Crippen LogP contribution is 2.25. The Morgan fingerprint density at radius 2 is 2.14 bits per heavy atom. The van der Waals surface area contributed by atoms with Gasteiger partial charge < -0.3 is 10.2 Å². The number of rotatable bonds is 3. The number of hydrogen-bond acceptors (Lipinski definition) is 3. The Balaban J connectivity index is 3.46. The zero-order valence-electron chi connectivity index (χ0n) is 7.65. The normalized spacial score (nSPS) is 9.79. The second kappa shape index (κ2) is 3.91. The number of carbonyl (C=O) groups is 2. The van der Waals surface area contributed by atoms with Crippen LogP contribution in [0.4, 0.5) is 0 Å². The van der Waals surface area contributed by atoms with Crippen molar-refractivity contribution in [1.29, 1.82) is 0 Å². The number of phenols is 1. The van der Waals surface area contributed by atoms with Crippen LogP contribution in [0.15, 0.2) is 12.1 Å². The van der Waals surface area contributed by atoms with Crippen LogP contribution >= 0.6 is 0 Å². The van der Waals surface area contributed by atoms with Gasteiger partial charge in [-0.1, -0.05) is 19.1 Å². The predicted molar refractivity (Wildman–Crippen MR) is 49.8 cm³/mol. The van der Waals surface area contributed by atoms with E-state index in [1.165, 1.54) is 6.07 Å². The topological polar surface area (TPSA) is 74.6 Å². The van der Waals surface area contributed by atoms with Crippen molar-refractivity contribution in [1.82, 2.24) is 0 Å². The van der Waals surface area contributed by atoms with Crippen LogP contribution in [-0.2, 0) is 6.42 Å². The van der Waals surface area contributed by atoms with E-state index in [1.54, 1.807) is 13.0 Å². The minimum absolute atomic E-state index is 0.00722. The Bertz CT molecular complexity index is 382. The molecule has 4 heteroatoms. The molecule has 0 spiro atoms. The summed E-state index contributed by atoms with van der Waals surface area (Å²) in [7, 11) is 0. The van der Waals surface area contributed by atoms with E-state index in [1.807, 2.05) is 0 Å². The molecule has 14 heavy (non-hydrogen) atoms. The van der Waals surface area contributed by atoms with Crippen LogP contribution in [0.1, 0.15) is 33.2 Å². The van der Waals surface area contributed by atoms with Gasteiger partial charge in [0.1, 0.15) is 11.3 Å². The minimum atomic E-state index is -1.29. The molecule has 0 aromatic heterocycles. The monoisotopic (exact) mass is 194 g/mol. The zero-order chi connectivity index (χ0) is 10.7. The first-order valence-electron chi connectivity index (χ1n) is 4.15. The van der Waals surface area contributed by atoms with Gasteiger partial charge in [0.25, 0.3) is 0 Å². The zero-order valence-corrected chi connectivity index (χ0v) is 7.65. The number of carboxylic acids is 1. The molecule has 0 radical (unpaired) electrons. The van der Waals surface area contributed by atoms with Crippen LogP contribution in [0.3, 0.4) is 0 Å². The fourth-order valence-electron chi connectivity index (χ4n) is 1.26. The second-order valence-electron chi connectivity index (χ2n) is 2.81. The number of aldehydes is 1. The van der Waals surface area contributed by atoms with E-state index in [0.717, 1.165) is 0 Å². The average molecular weight is 194 g/mol. The lowest BCUT2D eigenvalue weighted by Crippen LogP contribution is -2.04. The fourth-order valence-corrected chi connectivity index (χ4v) is 1.26. The third-order valence-electron chi connectivity index (χ3n) is 2.02. The summed E-state index contributed by atoms with van der Waals surface area (Å²) in [5.74, 6) is -1.61. The molecule has 0 heterocycles. The number of carbonyl (C=O) groups excluding carboxylic acids is 1. The van der Waals surface area contributed by atoms with E-state index in [4.69, 9.17) is 5.11 Å². The van der Waals surface area contributed by atoms with Crippen molar-refractivity contribution in [3.05, 3.63) is 28.8 Å². The maximum Gasteiger partial charge on any atom is 0.340 e. The fraction of sp³-hybridized carbons (Fsp3) is 0.200. The number of aryl methyl sites for hydroxylation is 1. The molecule has 0 aliphatic carbocycles. The molecule has 0 unspecified atom stereocenters. The molecule has 0 aliphatic heterocycles. The van der Waals surface area contributed by atoms with Crippen molar-refractivity contribution >= 4 is 12.3 Å². The van der Waals surface area contributed by atoms with Gasteiger partial charge in [-0.25, -0.2) is 4.79 Å². The lowest BCUT2D eigenvalue weighted by molar-refractivity contribution is 0.0690. The maximum atomic E-state index is 10.8. The van der Waals surface area contributed by atoms with Gasteiger partial charge in [0.15, 0.2) is 6.29 Å². The summed E-state index contributed by atoms with van der Waals surface area (Å²) in [5.41, 5.74) is 0.194. The molecule has 2 N–H and O–H groups in total. The molecule has 0 saturated carbocycles. The molecule has 0 atom stereocenters. The number of benzene rings is 1. The summed E-state index contributed by atoms with van der Waals surface area (Å²) in [6.07, 6.45) is 0.938. The molecule has 1 aromatic rings. The highest BCUT2D eigenvalue weighted by molar-refractivity contribution is 6.00. The first-order valence-corrected chi connectivity index (χ1v) is 4.15. The van der Waals surface area contributed by atoms with Crippen molar-refractivity contribution in [3.8, 4) is 5.75 Å². The molecule has 0 fully saturated rings. The van der Waals surface area contributed by atoms with E-state index in [0.29, 0.717) is 18.3 Å². The standard InChI is InChI=1S/C10H10O4/c1-2-6-3-4-7(5-11)8(9(6)12)10(13)14/h3-5,12H,2H2,1H3,(H,13,14). The minimum Gasteiger partial charge on any atom is -0.507 e. The molecule has 0 amide bonds. The first-order chi connectivity index (χ1) is 6.61. The number of carboxylic acid groups (broad SMARTS) is 1. The smallest absolute Gasteiger partial charge is 0.340 e. The average Bonchev–Trinajstić information content (AvgIpc) is 2.16. The van der Waals surface area contributed by atoms with Crippen LogP contribution in [0.2, 0.25) is 0 Å². The van der Waals surface area contributed by atoms with Gasteiger partial charge >= 0.3 is 5.97 Å². The highest BCUT2D eigenvalue weighted by atomic mass is 16.4. The predicted octanol–water partition coefficient (Wildman–Crippen LogP) is 1.47. The van der Waals surface area contributed by atoms with Crippen molar-refractivity contribution in [3.63, 3.8) is 0 Å². The van der Waals surface area contributed by atoms with E-state index in [-0.39, 0.29) is 16.9 Å². The number of hydrogen-bond donors (Lipinski definition) is 2. The second-order valence-corrected chi connectivity index (χ2v) is 2.81. The SMILES string of the molecule is CCc1ccc(C=O)c(C(=O)O)c1O. The van der Waals surface area contributed by atoms with Gasteiger partial charge in [-0.3, -0.25) is 4.79 Å². The van der Waals surface area contributed by atoms with E-state index in [2.05, 4.69) is 0 Å². The lowest BCUT2D eigenvalue weighted by atomic mass is 10.0. The van der Waals surface area contributed by atoms with Crippen molar-refractivity contribution in [2.24, 2.45) is 0 Å². The van der Waals surface area contributed by atoms with E-state index >= 15 is 0 Å². The molecule has 74 valence electrons. The lowest BCUT2D eigenvalue weighted by Gasteiger charge is -2.06. The van der Waals surface area contributed by atoms with Crippen LogP contribution in [0, 0.1) is 0 Å². The van der Waals surface area contributed by atoms with Crippen molar-refractivity contribution in [2.75, 3.05) is 0 Å². The van der Waals surface area contributed by atoms with Gasteiger partial charge in [0.05, 0.1) is 0 Å². The van der Waals surface area contributed by atoms with Gasteiger partial charge in [0.2, 0.25) is 0 Å². The van der Waals surface area contributed by atoms with Crippen LogP contribution in [-0.4, -0.2) is 22.5 Å². The molecule has 4 nitrogen and oxygen atoms in total. The number of aromatic carboxylic acids is 1. The van der Waals surface area contributed by atoms with Gasteiger partial charge in [-0.2, -0.15) is 0 Å². The Kier molecular flexibility index (Phi) is 2.86. The molecule has 1 rings (SSSR count). The third kappa shape index (κ3) is 1.59. The summed E-state index contributed by atoms with van der Waals surface area (Å²) in [6, 6.07) is 2.94. The van der Waals surface area contributed by atoms with Crippen LogP contribution in [0.25, 0.3) is 0 Å². The van der Waals surface area contributed by atoms with Gasteiger partial charge in [-0.15, -0.1) is 0 Å². The highest BCUT2D eigenvalue weighted by Gasteiger charge is 2.17. The summed E-state index contributed by atoms with van der Waals surface area (Å²) >= 11 is 0. The van der Waals surface area contributed by atoms with Crippen molar-refractivity contribution < 1.29 is 19.8 Å². The molecule has 0 aliphatic rings. The Morgan fingerprint density at radius 3 is 2.57 bits per heavy atom. The van der Waals surface area contributed by atoms with E-state index < -0.39 is 5.97 Å². The number of aromatic hydroxyl groups is 1. The Labute approximate surface area is 80.8 Å². The molecule has 0 bridgehead atoms. The first kappa shape index (κ1) is 10.2. The summed E-state index contributed by atoms with van der Waals surface area (Å²) in [4.78, 5) is 21.3. The summed E-state index contributed by atoms with van der Waals surface area (Å²) in [5, 5.41) is 18.3. The third-order valence-corrected chi connectivity index (χ3v) is 2.02. The van der Waals surface area contributed by atoms with E-state index in [9.17, 15) is 14.7 Å².